The van der Waals surface area contributed by atoms with Crippen LogP contribution in [0, 0.1) is 0 Å². The van der Waals surface area contributed by atoms with E-state index in [0.29, 0.717) is 0 Å². The van der Waals surface area contributed by atoms with Crippen LogP contribution in [0.4, 0.5) is 13.2 Å². The van der Waals surface area contributed by atoms with Gasteiger partial charge in [0.1, 0.15) is 5.58 Å². The van der Waals surface area contributed by atoms with Gasteiger partial charge in [0.05, 0.1) is 19.0 Å². The molecule has 0 radical (unpaired) electrons. The Hall–Kier alpha value is -2.01. The number of halogens is 3. The van der Waals surface area contributed by atoms with Crippen molar-refractivity contribution in [3.05, 3.63) is 59.9 Å². The third-order valence-corrected chi connectivity index (χ3v) is 3.39. The van der Waals surface area contributed by atoms with Gasteiger partial charge >= 0.3 is 6.18 Å². The average molecular weight is 294 g/mol. The van der Waals surface area contributed by atoms with Gasteiger partial charge in [-0.3, -0.25) is 0 Å². The fraction of sp³-hybridized carbons (Fsp3) is 0.250. The van der Waals surface area contributed by atoms with Gasteiger partial charge in [0.2, 0.25) is 0 Å². The van der Waals surface area contributed by atoms with Gasteiger partial charge in [0.25, 0.3) is 0 Å². The first-order valence-corrected chi connectivity index (χ1v) is 6.55. The Morgan fingerprint density at radius 2 is 2.10 bits per heavy atom. The Kier molecular flexibility index (Phi) is 3.59. The lowest BCUT2D eigenvalue weighted by Crippen LogP contribution is -2.21. The van der Waals surface area contributed by atoms with E-state index in [1.54, 1.807) is 12.3 Å². The molecule has 0 aliphatic heterocycles. The highest BCUT2D eigenvalue weighted by Crippen LogP contribution is 2.32. The zero-order valence-corrected chi connectivity index (χ0v) is 11.1. The molecule has 0 saturated heterocycles. The zero-order valence-electron chi connectivity index (χ0n) is 11.1. The lowest BCUT2D eigenvalue weighted by atomic mass is 10.0. The standard InChI is InChI=1S/C16H13F3O2/c17-16(18,19)13-2-1-3-14(9-13)21-10-11-4-5-12-6-7-20-15(12)8-11/h1-8,14H,9-10H2. The highest BCUT2D eigenvalue weighted by molar-refractivity contribution is 5.77. The molecule has 0 saturated carbocycles. The topological polar surface area (TPSA) is 22.4 Å². The van der Waals surface area contributed by atoms with Crippen LogP contribution >= 0.6 is 0 Å². The van der Waals surface area contributed by atoms with E-state index >= 15 is 0 Å². The number of furan rings is 1. The first-order valence-electron chi connectivity index (χ1n) is 6.55. The van der Waals surface area contributed by atoms with Gasteiger partial charge in [-0.1, -0.05) is 30.4 Å². The smallest absolute Gasteiger partial charge is 0.412 e. The minimum absolute atomic E-state index is 0.150. The average Bonchev–Trinajstić information content (AvgIpc) is 2.92. The summed E-state index contributed by atoms with van der Waals surface area (Å²) in [6.45, 7) is 0.247. The molecule has 21 heavy (non-hydrogen) atoms. The van der Waals surface area contributed by atoms with E-state index in [1.165, 1.54) is 6.08 Å². The van der Waals surface area contributed by atoms with Crippen molar-refractivity contribution in [1.82, 2.24) is 0 Å². The molecule has 3 rings (SSSR count). The van der Waals surface area contributed by atoms with E-state index in [2.05, 4.69) is 0 Å². The number of hydrogen-bond acceptors (Lipinski definition) is 2. The molecule has 1 aliphatic carbocycles. The fourth-order valence-corrected chi connectivity index (χ4v) is 2.27. The summed E-state index contributed by atoms with van der Waals surface area (Å²) in [4.78, 5) is 0. The molecule has 110 valence electrons. The van der Waals surface area contributed by atoms with Crippen LogP contribution in [0.25, 0.3) is 11.0 Å². The first-order chi connectivity index (χ1) is 10.0. The van der Waals surface area contributed by atoms with Gasteiger partial charge in [-0.25, -0.2) is 0 Å². The second-order valence-corrected chi connectivity index (χ2v) is 4.92. The van der Waals surface area contributed by atoms with Crippen LogP contribution in [0.3, 0.4) is 0 Å². The number of ether oxygens (including phenoxy) is 1. The van der Waals surface area contributed by atoms with Gasteiger partial charge < -0.3 is 9.15 Å². The normalized spacial score (nSPS) is 19.0. The van der Waals surface area contributed by atoms with Gasteiger partial charge in [-0.05, 0) is 17.7 Å². The lowest BCUT2D eigenvalue weighted by Gasteiger charge is -2.20. The number of hydrogen-bond donors (Lipinski definition) is 0. The molecule has 1 unspecified atom stereocenters. The number of fused-ring (bicyclic) bond motifs is 1. The Morgan fingerprint density at radius 3 is 2.90 bits per heavy atom. The zero-order chi connectivity index (χ0) is 14.9. The van der Waals surface area contributed by atoms with Crippen molar-refractivity contribution in [2.75, 3.05) is 0 Å². The second-order valence-electron chi connectivity index (χ2n) is 4.92. The molecule has 5 heteroatoms. The molecule has 1 heterocycles. The van der Waals surface area contributed by atoms with Crippen molar-refractivity contribution in [3.63, 3.8) is 0 Å². The van der Waals surface area contributed by atoms with Crippen molar-refractivity contribution in [3.8, 4) is 0 Å². The molecule has 0 fully saturated rings. The summed E-state index contributed by atoms with van der Waals surface area (Å²) in [6, 6.07) is 7.47. The monoisotopic (exact) mass is 294 g/mol. The van der Waals surface area contributed by atoms with Gasteiger partial charge in [0.15, 0.2) is 0 Å². The molecule has 0 amide bonds. The van der Waals surface area contributed by atoms with Gasteiger partial charge in [-0.2, -0.15) is 13.2 Å². The maximum Gasteiger partial charge on any atom is 0.412 e. The highest BCUT2D eigenvalue weighted by atomic mass is 19.4. The summed E-state index contributed by atoms with van der Waals surface area (Å²) < 4.78 is 48.8. The van der Waals surface area contributed by atoms with E-state index in [9.17, 15) is 13.2 Å². The highest BCUT2D eigenvalue weighted by Gasteiger charge is 2.35. The van der Waals surface area contributed by atoms with E-state index in [1.807, 2.05) is 24.3 Å². The maximum absolute atomic E-state index is 12.6. The van der Waals surface area contributed by atoms with E-state index in [4.69, 9.17) is 9.15 Å². The summed E-state index contributed by atoms with van der Waals surface area (Å²) in [5.41, 5.74) is 1.05. The molecule has 1 aliphatic rings. The maximum atomic E-state index is 12.6. The first kappa shape index (κ1) is 13.9. The summed E-state index contributed by atoms with van der Waals surface area (Å²) in [5, 5.41) is 0.985. The van der Waals surface area contributed by atoms with Crippen LogP contribution in [0.5, 0.6) is 0 Å². The summed E-state index contributed by atoms with van der Waals surface area (Å²) in [5.74, 6) is 0. The predicted octanol–water partition coefficient (Wildman–Crippen LogP) is 4.77. The molecule has 0 N–H and O–H groups in total. The predicted molar refractivity (Wildman–Crippen MR) is 72.7 cm³/mol. The minimum atomic E-state index is -4.29. The lowest BCUT2D eigenvalue weighted by molar-refractivity contribution is -0.0981. The Balaban J connectivity index is 1.63. The Bertz CT molecular complexity index is 695. The number of alkyl halides is 3. The van der Waals surface area contributed by atoms with Gasteiger partial charge in [0, 0.05) is 17.4 Å². The van der Waals surface area contributed by atoms with Crippen molar-refractivity contribution >= 4 is 11.0 Å². The fourth-order valence-electron chi connectivity index (χ4n) is 2.27. The summed E-state index contributed by atoms with van der Waals surface area (Å²) in [6.07, 6.45) is 0.725. The van der Waals surface area contributed by atoms with Crippen LogP contribution in [0.1, 0.15) is 12.0 Å². The van der Waals surface area contributed by atoms with E-state index in [0.717, 1.165) is 22.6 Å². The molecule has 2 nitrogen and oxygen atoms in total. The van der Waals surface area contributed by atoms with Crippen molar-refractivity contribution in [2.24, 2.45) is 0 Å². The second kappa shape index (κ2) is 5.41. The molecule has 0 spiro atoms. The van der Waals surface area contributed by atoms with Crippen molar-refractivity contribution in [1.29, 1.82) is 0 Å². The number of allylic oxidation sites excluding steroid dienone is 2. The number of benzene rings is 1. The molecule has 1 aromatic carbocycles. The molecule has 1 aromatic heterocycles. The van der Waals surface area contributed by atoms with Crippen LogP contribution in [0.15, 0.2) is 58.7 Å². The van der Waals surface area contributed by atoms with Crippen LogP contribution in [0.2, 0.25) is 0 Å². The van der Waals surface area contributed by atoms with E-state index in [-0.39, 0.29) is 13.0 Å². The minimum Gasteiger partial charge on any atom is -0.464 e. The third kappa shape index (κ3) is 3.19. The van der Waals surface area contributed by atoms with Crippen LogP contribution < -0.4 is 0 Å². The molecule has 1 atom stereocenters. The quantitative estimate of drug-likeness (QED) is 0.814. The Morgan fingerprint density at radius 1 is 1.24 bits per heavy atom. The molecule has 2 aromatic rings. The van der Waals surface area contributed by atoms with Crippen LogP contribution in [-0.2, 0) is 11.3 Å². The van der Waals surface area contributed by atoms with Crippen LogP contribution in [-0.4, -0.2) is 12.3 Å². The largest absolute Gasteiger partial charge is 0.464 e. The molecular formula is C16H13F3O2. The van der Waals surface area contributed by atoms with Crippen molar-refractivity contribution in [2.45, 2.75) is 25.3 Å². The third-order valence-electron chi connectivity index (χ3n) is 3.39. The molecular weight excluding hydrogens is 281 g/mol. The number of rotatable bonds is 3. The summed E-state index contributed by atoms with van der Waals surface area (Å²) >= 11 is 0. The Labute approximate surface area is 119 Å². The SMILES string of the molecule is FC(F)(F)C1=CC=CC(OCc2ccc3ccoc3c2)C1. The molecule has 0 bridgehead atoms. The van der Waals surface area contributed by atoms with Crippen molar-refractivity contribution < 1.29 is 22.3 Å². The van der Waals surface area contributed by atoms with Gasteiger partial charge in [-0.15, -0.1) is 0 Å². The van der Waals surface area contributed by atoms with E-state index < -0.39 is 17.9 Å². The summed E-state index contributed by atoms with van der Waals surface area (Å²) in [7, 11) is 0.